The lowest BCUT2D eigenvalue weighted by molar-refractivity contribution is -0.142. The zero-order valence-corrected chi connectivity index (χ0v) is 14.8. The average molecular weight is 344 g/mol. The summed E-state index contributed by atoms with van der Waals surface area (Å²) < 4.78 is 1.86. The molecule has 2 aromatic rings. The maximum Gasteiger partial charge on any atom is 0.326 e. The molecule has 0 aliphatic heterocycles. The van der Waals surface area contributed by atoms with Crippen molar-refractivity contribution in [1.82, 2.24) is 9.88 Å². The van der Waals surface area contributed by atoms with Gasteiger partial charge in [0.2, 0.25) is 5.91 Å². The number of carbonyl (C=O) groups excluding carboxylic acids is 2. The summed E-state index contributed by atoms with van der Waals surface area (Å²) in [4.78, 5) is 35.2. The summed E-state index contributed by atoms with van der Waals surface area (Å²) in [6.45, 7) is 5.73. The molecule has 0 fully saturated rings. The van der Waals surface area contributed by atoms with Crippen molar-refractivity contribution in [3.63, 3.8) is 0 Å². The number of nitrogens with one attached hydrogen (secondary N) is 1. The van der Waals surface area contributed by atoms with E-state index in [1.54, 1.807) is 6.20 Å². The fraction of sp³-hybridized carbons (Fsp3) is 0.421. The number of rotatable bonds is 8. The van der Waals surface area contributed by atoms with Crippen LogP contribution in [0.5, 0.6) is 0 Å². The molecule has 6 heteroatoms. The van der Waals surface area contributed by atoms with E-state index >= 15 is 0 Å². The molecule has 0 unspecified atom stereocenters. The van der Waals surface area contributed by atoms with Gasteiger partial charge in [0.15, 0.2) is 5.78 Å². The van der Waals surface area contributed by atoms with Gasteiger partial charge in [-0.2, -0.15) is 0 Å². The van der Waals surface area contributed by atoms with Crippen molar-refractivity contribution >= 4 is 28.6 Å². The third-order valence-corrected chi connectivity index (χ3v) is 4.09. The van der Waals surface area contributed by atoms with Crippen molar-refractivity contribution in [3.8, 4) is 0 Å². The van der Waals surface area contributed by atoms with Crippen LogP contribution in [0.25, 0.3) is 10.9 Å². The van der Waals surface area contributed by atoms with Crippen LogP contribution in [0.3, 0.4) is 0 Å². The Kier molecular flexibility index (Phi) is 5.96. The first-order valence-corrected chi connectivity index (χ1v) is 8.40. The predicted molar refractivity (Wildman–Crippen MR) is 95.6 cm³/mol. The van der Waals surface area contributed by atoms with Crippen LogP contribution in [0.1, 0.15) is 44.0 Å². The summed E-state index contributed by atoms with van der Waals surface area (Å²) in [5, 5.41) is 12.6. The van der Waals surface area contributed by atoms with Crippen molar-refractivity contribution < 1.29 is 19.5 Å². The lowest BCUT2D eigenvalue weighted by Gasteiger charge is -2.16. The van der Waals surface area contributed by atoms with E-state index in [1.807, 2.05) is 42.7 Å². The molecular formula is C19H24N2O4. The highest BCUT2D eigenvalue weighted by Gasteiger charge is 2.21. The second-order valence-corrected chi connectivity index (χ2v) is 6.65. The molecule has 0 bridgehead atoms. The standard InChI is InChI=1S/C19H24N2O4/c1-12(2)10-16(19(24)25)20-18(23)8-9-21-11-15(13(3)22)14-6-4-5-7-17(14)21/h4-7,11-12,16H,8-10H2,1-3H3,(H,20,23)(H,24,25)/t16-/m0/s1. The van der Waals surface area contributed by atoms with Crippen molar-refractivity contribution in [3.05, 3.63) is 36.0 Å². The molecule has 2 N–H and O–H groups in total. The fourth-order valence-corrected chi connectivity index (χ4v) is 2.89. The van der Waals surface area contributed by atoms with E-state index in [-0.39, 0.29) is 24.0 Å². The van der Waals surface area contributed by atoms with E-state index in [4.69, 9.17) is 0 Å². The highest BCUT2D eigenvalue weighted by Crippen LogP contribution is 2.22. The summed E-state index contributed by atoms with van der Waals surface area (Å²) in [7, 11) is 0. The zero-order valence-electron chi connectivity index (χ0n) is 14.8. The molecule has 0 saturated heterocycles. The maximum atomic E-state index is 12.1. The molecule has 1 aromatic carbocycles. The molecule has 25 heavy (non-hydrogen) atoms. The molecule has 2 rings (SSSR count). The number of para-hydroxylation sites is 1. The number of hydrogen-bond donors (Lipinski definition) is 2. The first-order valence-electron chi connectivity index (χ1n) is 8.40. The second kappa shape index (κ2) is 7.96. The molecule has 0 aliphatic carbocycles. The summed E-state index contributed by atoms with van der Waals surface area (Å²) in [6, 6.07) is 6.66. The quantitative estimate of drug-likeness (QED) is 0.721. The van der Waals surface area contributed by atoms with Crippen molar-refractivity contribution in [2.24, 2.45) is 5.92 Å². The van der Waals surface area contributed by atoms with E-state index < -0.39 is 12.0 Å². The molecule has 1 aromatic heterocycles. The minimum Gasteiger partial charge on any atom is -0.480 e. The number of carboxylic acids is 1. The Hall–Kier alpha value is -2.63. The van der Waals surface area contributed by atoms with Gasteiger partial charge in [0.25, 0.3) is 0 Å². The van der Waals surface area contributed by atoms with Crippen LogP contribution in [0.4, 0.5) is 0 Å². The first-order chi connectivity index (χ1) is 11.8. The molecule has 1 amide bonds. The van der Waals surface area contributed by atoms with Gasteiger partial charge in [-0.1, -0.05) is 32.0 Å². The fourth-order valence-electron chi connectivity index (χ4n) is 2.89. The third kappa shape index (κ3) is 4.68. The Morgan fingerprint density at radius 1 is 1.20 bits per heavy atom. The van der Waals surface area contributed by atoms with Crippen LogP contribution in [0, 0.1) is 5.92 Å². The van der Waals surface area contributed by atoms with Gasteiger partial charge in [0, 0.05) is 35.6 Å². The van der Waals surface area contributed by atoms with Crippen LogP contribution < -0.4 is 5.32 Å². The number of nitrogens with zero attached hydrogens (tertiary/aromatic N) is 1. The number of aryl methyl sites for hydroxylation is 1. The van der Waals surface area contributed by atoms with Crippen LogP contribution in [0.2, 0.25) is 0 Å². The van der Waals surface area contributed by atoms with Crippen LogP contribution in [-0.2, 0) is 16.1 Å². The van der Waals surface area contributed by atoms with Gasteiger partial charge in [-0.3, -0.25) is 9.59 Å². The minimum atomic E-state index is -1.02. The monoisotopic (exact) mass is 344 g/mol. The minimum absolute atomic E-state index is 0.0257. The van der Waals surface area contributed by atoms with E-state index in [0.29, 0.717) is 18.5 Å². The van der Waals surface area contributed by atoms with Crippen LogP contribution in [-0.4, -0.2) is 33.4 Å². The van der Waals surface area contributed by atoms with E-state index in [1.165, 1.54) is 6.92 Å². The third-order valence-electron chi connectivity index (χ3n) is 4.09. The lowest BCUT2D eigenvalue weighted by Crippen LogP contribution is -2.41. The predicted octanol–water partition coefficient (Wildman–Crippen LogP) is 2.85. The van der Waals surface area contributed by atoms with Gasteiger partial charge >= 0.3 is 5.97 Å². The van der Waals surface area contributed by atoms with Gasteiger partial charge in [-0.25, -0.2) is 4.79 Å². The van der Waals surface area contributed by atoms with Crippen molar-refractivity contribution in [1.29, 1.82) is 0 Å². The molecule has 0 aliphatic rings. The van der Waals surface area contributed by atoms with Gasteiger partial charge in [0.05, 0.1) is 0 Å². The zero-order chi connectivity index (χ0) is 18.6. The first kappa shape index (κ1) is 18.7. The molecule has 0 radical (unpaired) electrons. The molecule has 0 spiro atoms. The molecule has 1 heterocycles. The SMILES string of the molecule is CC(=O)c1cn(CCC(=O)N[C@@H](CC(C)C)C(=O)O)c2ccccc12. The van der Waals surface area contributed by atoms with E-state index in [2.05, 4.69) is 5.32 Å². The van der Waals surface area contributed by atoms with Crippen molar-refractivity contribution in [2.75, 3.05) is 0 Å². The second-order valence-electron chi connectivity index (χ2n) is 6.65. The number of amides is 1. The number of hydrogen-bond acceptors (Lipinski definition) is 3. The number of carbonyl (C=O) groups is 3. The number of carboxylic acid groups (broad SMARTS) is 1. The summed E-state index contributed by atoms with van der Waals surface area (Å²) in [5.41, 5.74) is 1.51. The average Bonchev–Trinajstić information content (AvgIpc) is 2.91. The molecular weight excluding hydrogens is 320 g/mol. The summed E-state index contributed by atoms with van der Waals surface area (Å²) in [6.07, 6.45) is 2.29. The molecule has 1 atom stereocenters. The molecule has 6 nitrogen and oxygen atoms in total. The van der Waals surface area contributed by atoms with E-state index in [0.717, 1.165) is 10.9 Å². The van der Waals surface area contributed by atoms with Crippen LogP contribution >= 0.6 is 0 Å². The largest absolute Gasteiger partial charge is 0.480 e. The molecule has 134 valence electrons. The Balaban J connectivity index is 2.08. The number of fused-ring (bicyclic) bond motifs is 1. The maximum absolute atomic E-state index is 12.1. The molecule has 0 saturated carbocycles. The van der Waals surface area contributed by atoms with Gasteiger partial charge in [-0.15, -0.1) is 0 Å². The van der Waals surface area contributed by atoms with Crippen LogP contribution in [0.15, 0.2) is 30.5 Å². The topological polar surface area (TPSA) is 88.4 Å². The number of Topliss-reactive ketones (excluding diaryl/α,β-unsaturated/α-hetero) is 1. The van der Waals surface area contributed by atoms with Crippen molar-refractivity contribution in [2.45, 2.75) is 46.2 Å². The number of ketones is 1. The van der Waals surface area contributed by atoms with E-state index in [9.17, 15) is 19.5 Å². The number of benzene rings is 1. The highest BCUT2D eigenvalue weighted by molar-refractivity contribution is 6.07. The number of aromatic nitrogens is 1. The normalized spacial score (nSPS) is 12.3. The Labute approximate surface area is 146 Å². The summed E-state index contributed by atoms with van der Waals surface area (Å²) in [5.74, 6) is -1.18. The summed E-state index contributed by atoms with van der Waals surface area (Å²) >= 11 is 0. The Morgan fingerprint density at radius 2 is 1.88 bits per heavy atom. The van der Waals surface area contributed by atoms with Gasteiger partial charge in [-0.05, 0) is 25.3 Å². The highest BCUT2D eigenvalue weighted by atomic mass is 16.4. The lowest BCUT2D eigenvalue weighted by atomic mass is 10.0. The smallest absolute Gasteiger partial charge is 0.326 e. The number of aliphatic carboxylic acids is 1. The van der Waals surface area contributed by atoms with Gasteiger partial charge < -0.3 is 15.0 Å². The van der Waals surface area contributed by atoms with Gasteiger partial charge in [0.1, 0.15) is 6.04 Å². The Morgan fingerprint density at radius 3 is 2.48 bits per heavy atom. The Bertz CT molecular complexity index is 792.